The first-order chi connectivity index (χ1) is 10.1. The summed E-state index contributed by atoms with van der Waals surface area (Å²) < 4.78 is 1.81. The van der Waals surface area contributed by atoms with E-state index in [9.17, 15) is 4.79 Å². The molecular weight excluding hydrogens is 300 g/mol. The van der Waals surface area contributed by atoms with Crippen molar-refractivity contribution in [3.8, 4) is 0 Å². The van der Waals surface area contributed by atoms with Crippen LogP contribution in [0.15, 0.2) is 6.07 Å². The number of amides is 1. The van der Waals surface area contributed by atoms with E-state index in [1.807, 2.05) is 18.7 Å². The molecule has 22 heavy (non-hydrogen) atoms. The first-order valence-corrected chi connectivity index (χ1v) is 8.20. The number of nitrogens with zero attached hydrogens (tertiary/aromatic N) is 2. The van der Waals surface area contributed by atoms with Gasteiger partial charge < -0.3 is 10.6 Å². The Kier molecular flexibility index (Phi) is 5.87. The average Bonchev–Trinajstić information content (AvgIpc) is 2.79. The molecule has 3 rings (SSSR count). The van der Waals surface area contributed by atoms with Gasteiger partial charge in [-0.25, -0.2) is 0 Å². The van der Waals surface area contributed by atoms with E-state index in [-0.39, 0.29) is 24.2 Å². The predicted molar refractivity (Wildman–Crippen MR) is 90.4 cm³/mol. The highest BCUT2D eigenvalue weighted by Gasteiger charge is 2.29. The summed E-state index contributed by atoms with van der Waals surface area (Å²) in [4.78, 5) is 12.3. The molecule has 1 aliphatic carbocycles. The maximum atomic E-state index is 12.3. The smallest absolute Gasteiger partial charge is 0.228 e. The molecule has 2 fully saturated rings. The fourth-order valence-electron chi connectivity index (χ4n) is 3.32. The number of aryl methyl sites for hydroxylation is 1. The molecule has 1 atom stereocenters. The molecule has 2 aliphatic rings. The second-order valence-corrected chi connectivity index (χ2v) is 6.61. The normalized spacial score (nSPS) is 20.8. The summed E-state index contributed by atoms with van der Waals surface area (Å²) in [6.45, 7) is 3.92. The molecule has 1 saturated heterocycles. The van der Waals surface area contributed by atoms with E-state index in [1.54, 1.807) is 0 Å². The number of aromatic nitrogens is 2. The zero-order valence-corrected chi connectivity index (χ0v) is 14.3. The molecule has 0 aromatic carbocycles. The van der Waals surface area contributed by atoms with Crippen molar-refractivity contribution in [3.05, 3.63) is 11.8 Å². The van der Waals surface area contributed by atoms with Gasteiger partial charge in [0.05, 0.1) is 5.69 Å². The summed E-state index contributed by atoms with van der Waals surface area (Å²) in [7, 11) is 1.91. The molecule has 0 spiro atoms. The van der Waals surface area contributed by atoms with Crippen molar-refractivity contribution in [2.75, 3.05) is 18.4 Å². The SMILES string of the molecule is CC(C(=O)Nc1cc(C2CCCCC2)nn1C)C1CNC1.Cl. The molecule has 1 saturated carbocycles. The molecule has 1 aliphatic heterocycles. The Hall–Kier alpha value is -1.07. The molecule has 1 amide bonds. The standard InChI is InChI=1S/C16H26N4O.ClH/c1-11(13-9-17-10-13)16(21)18-15-8-14(19-20(15)2)12-6-4-3-5-7-12;/h8,11-13,17H,3-7,9-10H2,1-2H3,(H,18,21);1H. The molecule has 1 aromatic rings. The number of hydrogen-bond donors (Lipinski definition) is 2. The highest BCUT2D eigenvalue weighted by atomic mass is 35.5. The maximum absolute atomic E-state index is 12.3. The van der Waals surface area contributed by atoms with Crippen LogP contribution in [0.4, 0.5) is 5.82 Å². The van der Waals surface area contributed by atoms with Crippen molar-refractivity contribution >= 4 is 24.1 Å². The third kappa shape index (κ3) is 3.63. The van der Waals surface area contributed by atoms with Crippen molar-refractivity contribution in [2.24, 2.45) is 18.9 Å². The van der Waals surface area contributed by atoms with Crippen LogP contribution < -0.4 is 10.6 Å². The number of halogens is 1. The molecule has 2 heterocycles. The second-order valence-electron chi connectivity index (χ2n) is 6.61. The highest BCUT2D eigenvalue weighted by Crippen LogP contribution is 2.33. The van der Waals surface area contributed by atoms with Gasteiger partial charge in [0.1, 0.15) is 5.82 Å². The zero-order chi connectivity index (χ0) is 14.8. The monoisotopic (exact) mass is 326 g/mol. The summed E-state index contributed by atoms with van der Waals surface area (Å²) in [5.74, 6) is 2.04. The molecule has 0 bridgehead atoms. The Bertz CT molecular complexity index is 506. The van der Waals surface area contributed by atoms with Gasteiger partial charge in [0, 0.05) is 24.9 Å². The minimum Gasteiger partial charge on any atom is -0.316 e. The molecule has 1 unspecified atom stereocenters. The van der Waals surface area contributed by atoms with Gasteiger partial charge in [-0.05, 0) is 31.8 Å². The molecule has 124 valence electrons. The molecule has 0 radical (unpaired) electrons. The van der Waals surface area contributed by atoms with E-state index in [0.29, 0.717) is 11.8 Å². The Balaban J connectivity index is 0.00000176. The van der Waals surface area contributed by atoms with Gasteiger partial charge >= 0.3 is 0 Å². The Labute approximate surface area is 138 Å². The highest BCUT2D eigenvalue weighted by molar-refractivity contribution is 5.91. The summed E-state index contributed by atoms with van der Waals surface area (Å²) in [6, 6.07) is 2.07. The third-order valence-corrected chi connectivity index (χ3v) is 5.11. The largest absolute Gasteiger partial charge is 0.316 e. The van der Waals surface area contributed by atoms with Crippen LogP contribution in [0.5, 0.6) is 0 Å². The quantitative estimate of drug-likeness (QED) is 0.894. The van der Waals surface area contributed by atoms with Crippen LogP contribution in [0.3, 0.4) is 0 Å². The Morgan fingerprint density at radius 3 is 2.64 bits per heavy atom. The minimum atomic E-state index is 0. The molecule has 2 N–H and O–H groups in total. The molecule has 1 aromatic heterocycles. The summed E-state index contributed by atoms with van der Waals surface area (Å²) in [6.07, 6.45) is 6.41. The number of carbonyl (C=O) groups is 1. The lowest BCUT2D eigenvalue weighted by Gasteiger charge is -2.31. The van der Waals surface area contributed by atoms with Gasteiger partial charge in [-0.15, -0.1) is 12.4 Å². The van der Waals surface area contributed by atoms with Crippen LogP contribution in [0, 0.1) is 11.8 Å². The Morgan fingerprint density at radius 2 is 2.05 bits per heavy atom. The average molecular weight is 327 g/mol. The second kappa shape index (κ2) is 7.47. The number of carbonyl (C=O) groups excluding carboxylic acids is 1. The number of hydrogen-bond acceptors (Lipinski definition) is 3. The van der Waals surface area contributed by atoms with E-state index in [2.05, 4.69) is 21.8 Å². The van der Waals surface area contributed by atoms with Crippen LogP contribution in [0.25, 0.3) is 0 Å². The van der Waals surface area contributed by atoms with Gasteiger partial charge in [-0.2, -0.15) is 5.10 Å². The van der Waals surface area contributed by atoms with Crippen molar-refractivity contribution in [1.82, 2.24) is 15.1 Å². The van der Waals surface area contributed by atoms with Gasteiger partial charge in [-0.3, -0.25) is 9.48 Å². The topological polar surface area (TPSA) is 59.0 Å². The van der Waals surface area contributed by atoms with Gasteiger partial charge in [0.2, 0.25) is 5.91 Å². The minimum absolute atomic E-state index is 0. The van der Waals surface area contributed by atoms with Crippen molar-refractivity contribution < 1.29 is 4.79 Å². The zero-order valence-electron chi connectivity index (χ0n) is 13.5. The fraction of sp³-hybridized carbons (Fsp3) is 0.750. The van der Waals surface area contributed by atoms with Crippen LogP contribution in [0.1, 0.15) is 50.6 Å². The van der Waals surface area contributed by atoms with E-state index in [4.69, 9.17) is 0 Å². The summed E-state index contributed by atoms with van der Waals surface area (Å²) in [5.41, 5.74) is 1.14. The fourth-order valence-corrected chi connectivity index (χ4v) is 3.32. The predicted octanol–water partition coefficient (Wildman–Crippen LogP) is 2.68. The van der Waals surface area contributed by atoms with Gasteiger partial charge in [0.25, 0.3) is 0 Å². The van der Waals surface area contributed by atoms with Gasteiger partial charge in [-0.1, -0.05) is 26.2 Å². The van der Waals surface area contributed by atoms with Gasteiger partial charge in [0.15, 0.2) is 0 Å². The third-order valence-electron chi connectivity index (χ3n) is 5.11. The van der Waals surface area contributed by atoms with Crippen molar-refractivity contribution in [1.29, 1.82) is 0 Å². The lowest BCUT2D eigenvalue weighted by molar-refractivity contribution is -0.121. The molecular formula is C16H27ClN4O. The maximum Gasteiger partial charge on any atom is 0.228 e. The van der Waals surface area contributed by atoms with Crippen molar-refractivity contribution in [2.45, 2.75) is 44.9 Å². The number of anilines is 1. The van der Waals surface area contributed by atoms with E-state index in [1.165, 1.54) is 32.1 Å². The molecule has 6 heteroatoms. The van der Waals surface area contributed by atoms with Crippen LogP contribution >= 0.6 is 12.4 Å². The lowest BCUT2D eigenvalue weighted by Crippen LogP contribution is -2.48. The Morgan fingerprint density at radius 1 is 1.36 bits per heavy atom. The number of rotatable bonds is 4. The van der Waals surface area contributed by atoms with Crippen LogP contribution in [-0.2, 0) is 11.8 Å². The first-order valence-electron chi connectivity index (χ1n) is 8.20. The van der Waals surface area contributed by atoms with Crippen molar-refractivity contribution in [3.63, 3.8) is 0 Å². The summed E-state index contributed by atoms with van der Waals surface area (Å²) >= 11 is 0. The summed E-state index contributed by atoms with van der Waals surface area (Å²) in [5, 5.41) is 10.9. The number of nitrogens with one attached hydrogen (secondary N) is 2. The lowest BCUT2D eigenvalue weighted by atomic mass is 9.87. The van der Waals surface area contributed by atoms with E-state index in [0.717, 1.165) is 24.6 Å². The van der Waals surface area contributed by atoms with E-state index >= 15 is 0 Å². The van der Waals surface area contributed by atoms with E-state index < -0.39 is 0 Å². The first kappa shape index (κ1) is 17.3. The molecule has 5 nitrogen and oxygen atoms in total. The van der Waals surface area contributed by atoms with Crippen LogP contribution in [0.2, 0.25) is 0 Å². The van der Waals surface area contributed by atoms with Crippen LogP contribution in [-0.4, -0.2) is 28.8 Å².